The van der Waals surface area contributed by atoms with E-state index in [-0.39, 0.29) is 0 Å². The summed E-state index contributed by atoms with van der Waals surface area (Å²) in [6.07, 6.45) is 9.11. The molecule has 126 valence electrons. The second kappa shape index (κ2) is 8.48. The van der Waals surface area contributed by atoms with Gasteiger partial charge >= 0.3 is 0 Å². The van der Waals surface area contributed by atoms with Gasteiger partial charge in [-0.2, -0.15) is 11.8 Å². The van der Waals surface area contributed by atoms with E-state index < -0.39 is 0 Å². The van der Waals surface area contributed by atoms with Crippen LogP contribution in [0.2, 0.25) is 5.02 Å². The molecule has 3 nitrogen and oxygen atoms in total. The maximum absolute atomic E-state index is 6.40. The highest BCUT2D eigenvalue weighted by Crippen LogP contribution is 2.34. The van der Waals surface area contributed by atoms with E-state index in [0.29, 0.717) is 0 Å². The number of rotatable bonds is 6. The Kier molecular flexibility index (Phi) is 6.09. The van der Waals surface area contributed by atoms with Crippen LogP contribution < -0.4 is 5.32 Å². The summed E-state index contributed by atoms with van der Waals surface area (Å²) < 4.78 is 0. The Bertz CT molecular complexity index is 938. The molecule has 0 aliphatic carbocycles. The molecule has 0 unspecified atom stereocenters. The third-order valence-electron chi connectivity index (χ3n) is 3.53. The van der Waals surface area contributed by atoms with E-state index in [1.165, 1.54) is 6.33 Å². The van der Waals surface area contributed by atoms with E-state index >= 15 is 0 Å². The summed E-state index contributed by atoms with van der Waals surface area (Å²) in [6, 6.07) is 11.6. The molecule has 0 atom stereocenters. The zero-order valence-corrected chi connectivity index (χ0v) is 16.0. The molecular weight excluding hydrogens is 370 g/mol. The van der Waals surface area contributed by atoms with Gasteiger partial charge in [-0.05, 0) is 36.6 Å². The van der Waals surface area contributed by atoms with E-state index in [2.05, 4.69) is 33.5 Å². The van der Waals surface area contributed by atoms with Crippen LogP contribution in [-0.4, -0.2) is 27.7 Å². The zero-order valence-electron chi connectivity index (χ0n) is 13.6. The number of aromatic nitrogens is 2. The summed E-state index contributed by atoms with van der Waals surface area (Å²) in [5.74, 6) is 5.46. The third kappa shape index (κ3) is 4.40. The lowest BCUT2D eigenvalue weighted by Crippen LogP contribution is -1.97. The topological polar surface area (TPSA) is 37.8 Å². The largest absolute Gasteiger partial charge is 0.340 e. The number of hydrogen-bond donors (Lipinski definition) is 1. The van der Waals surface area contributed by atoms with Gasteiger partial charge in [-0.15, -0.1) is 18.2 Å². The average Bonchev–Trinajstić information content (AvgIpc) is 2.63. The van der Waals surface area contributed by atoms with Crippen LogP contribution in [0.3, 0.4) is 0 Å². The van der Waals surface area contributed by atoms with Gasteiger partial charge in [0.2, 0.25) is 0 Å². The number of nitrogens with one attached hydrogen (secondary N) is 1. The second-order valence-corrected chi connectivity index (χ2v) is 7.74. The molecule has 0 fully saturated rings. The maximum atomic E-state index is 6.40. The number of fused-ring (bicyclic) bond motifs is 1. The predicted octanol–water partition coefficient (Wildman–Crippen LogP) is 5.46. The maximum Gasteiger partial charge on any atom is 0.141 e. The Labute approximate surface area is 161 Å². The standard InChI is InChI=1S/C19H16ClN3S2/c1-3-13-5-4-6-14(9-13)23-19-15-10-18(25-8-7-24-2)16(20)11-17(15)21-12-22-19/h1,4-6,9-12H,7-8H2,2H3,(H,21,22,23). The molecule has 25 heavy (non-hydrogen) atoms. The minimum Gasteiger partial charge on any atom is -0.340 e. The van der Waals surface area contributed by atoms with Gasteiger partial charge in [0.1, 0.15) is 12.1 Å². The van der Waals surface area contributed by atoms with Crippen LogP contribution in [0.5, 0.6) is 0 Å². The average molecular weight is 386 g/mol. The van der Waals surface area contributed by atoms with Crippen LogP contribution in [0.1, 0.15) is 5.56 Å². The van der Waals surface area contributed by atoms with Gasteiger partial charge in [0.05, 0.1) is 10.5 Å². The molecule has 0 radical (unpaired) electrons. The Morgan fingerprint density at radius 1 is 1.20 bits per heavy atom. The van der Waals surface area contributed by atoms with E-state index in [0.717, 1.165) is 49.4 Å². The van der Waals surface area contributed by atoms with Crippen LogP contribution in [0.15, 0.2) is 47.6 Å². The van der Waals surface area contributed by atoms with Crippen molar-refractivity contribution in [1.82, 2.24) is 9.97 Å². The number of nitrogens with zero attached hydrogens (tertiary/aromatic N) is 2. The summed E-state index contributed by atoms with van der Waals surface area (Å²) >= 11 is 9.97. The molecule has 2 aromatic carbocycles. The lowest BCUT2D eigenvalue weighted by atomic mass is 10.2. The predicted molar refractivity (Wildman–Crippen MR) is 111 cm³/mol. The molecule has 0 saturated heterocycles. The third-order valence-corrected chi connectivity index (χ3v) is 5.88. The summed E-state index contributed by atoms with van der Waals surface area (Å²) in [5, 5.41) is 4.99. The normalized spacial score (nSPS) is 10.6. The molecule has 3 aromatic rings. The Morgan fingerprint density at radius 2 is 2.08 bits per heavy atom. The van der Waals surface area contributed by atoms with E-state index in [1.54, 1.807) is 11.8 Å². The Morgan fingerprint density at radius 3 is 2.88 bits per heavy atom. The summed E-state index contributed by atoms with van der Waals surface area (Å²) in [5.41, 5.74) is 2.52. The van der Waals surface area contributed by atoms with Gasteiger partial charge in [-0.3, -0.25) is 0 Å². The first-order chi connectivity index (χ1) is 12.2. The van der Waals surface area contributed by atoms with Gasteiger partial charge in [0.15, 0.2) is 0 Å². The van der Waals surface area contributed by atoms with Crippen LogP contribution in [0.25, 0.3) is 10.9 Å². The molecule has 0 aliphatic heterocycles. The highest BCUT2D eigenvalue weighted by molar-refractivity contribution is 8.02. The van der Waals surface area contributed by atoms with Gasteiger partial charge in [-0.1, -0.05) is 23.6 Å². The zero-order chi connectivity index (χ0) is 17.6. The van der Waals surface area contributed by atoms with Crippen molar-refractivity contribution in [3.63, 3.8) is 0 Å². The van der Waals surface area contributed by atoms with Gasteiger partial charge in [0.25, 0.3) is 0 Å². The van der Waals surface area contributed by atoms with Crippen molar-refractivity contribution in [2.45, 2.75) is 4.90 Å². The lowest BCUT2D eigenvalue weighted by molar-refractivity contribution is 1.21. The fraction of sp³-hybridized carbons (Fsp3) is 0.158. The number of anilines is 2. The van der Waals surface area contributed by atoms with Crippen LogP contribution >= 0.6 is 35.1 Å². The van der Waals surface area contributed by atoms with Crippen molar-refractivity contribution >= 4 is 57.5 Å². The van der Waals surface area contributed by atoms with Crippen molar-refractivity contribution in [2.24, 2.45) is 0 Å². The first kappa shape index (κ1) is 17.9. The fourth-order valence-corrected chi connectivity index (χ4v) is 4.27. The number of terminal acetylenes is 1. The molecule has 1 aromatic heterocycles. The molecule has 1 heterocycles. The summed E-state index contributed by atoms with van der Waals surface area (Å²) in [7, 11) is 0. The molecule has 6 heteroatoms. The molecule has 3 rings (SSSR count). The van der Waals surface area contributed by atoms with Crippen LogP contribution in [-0.2, 0) is 0 Å². The molecule has 0 saturated carbocycles. The summed E-state index contributed by atoms with van der Waals surface area (Å²) in [4.78, 5) is 9.77. The van der Waals surface area contributed by atoms with Crippen molar-refractivity contribution in [3.05, 3.63) is 53.3 Å². The van der Waals surface area contributed by atoms with Gasteiger partial charge in [-0.25, -0.2) is 9.97 Å². The molecule has 0 spiro atoms. The number of hydrogen-bond acceptors (Lipinski definition) is 5. The first-order valence-corrected chi connectivity index (χ1v) is 10.4. The quantitative estimate of drug-likeness (QED) is 0.346. The van der Waals surface area contributed by atoms with Crippen molar-refractivity contribution in [2.75, 3.05) is 23.1 Å². The van der Waals surface area contributed by atoms with E-state index in [4.69, 9.17) is 18.0 Å². The number of thioether (sulfide) groups is 2. The lowest BCUT2D eigenvalue weighted by Gasteiger charge is -2.11. The van der Waals surface area contributed by atoms with Crippen molar-refractivity contribution < 1.29 is 0 Å². The van der Waals surface area contributed by atoms with E-state index in [9.17, 15) is 0 Å². The Balaban J connectivity index is 1.97. The molecule has 1 N–H and O–H groups in total. The monoisotopic (exact) mass is 385 g/mol. The van der Waals surface area contributed by atoms with Crippen molar-refractivity contribution in [3.8, 4) is 12.3 Å². The van der Waals surface area contributed by atoms with Gasteiger partial charge in [0, 0.05) is 33.0 Å². The van der Waals surface area contributed by atoms with Crippen molar-refractivity contribution in [1.29, 1.82) is 0 Å². The highest BCUT2D eigenvalue weighted by Gasteiger charge is 2.10. The highest BCUT2D eigenvalue weighted by atomic mass is 35.5. The van der Waals surface area contributed by atoms with Gasteiger partial charge < -0.3 is 5.32 Å². The number of benzene rings is 2. The molecule has 0 bridgehead atoms. The minimum atomic E-state index is 0.720. The fourth-order valence-electron chi connectivity index (χ4n) is 2.33. The number of halogens is 1. The minimum absolute atomic E-state index is 0.720. The smallest absolute Gasteiger partial charge is 0.141 e. The Hall–Kier alpha value is -1.87. The first-order valence-electron chi connectivity index (χ1n) is 7.61. The molecule has 0 aliphatic rings. The van der Waals surface area contributed by atoms with E-state index in [1.807, 2.05) is 42.1 Å². The molecule has 0 amide bonds. The second-order valence-electron chi connectivity index (χ2n) is 5.21. The summed E-state index contributed by atoms with van der Waals surface area (Å²) in [6.45, 7) is 0. The SMILES string of the molecule is C#Cc1cccc(Nc2ncnc3cc(Cl)c(SCCSC)cc23)c1. The van der Waals surface area contributed by atoms with Crippen LogP contribution in [0, 0.1) is 12.3 Å². The molecular formula is C19H16ClN3S2. The van der Waals surface area contributed by atoms with Crippen LogP contribution in [0.4, 0.5) is 11.5 Å².